The van der Waals surface area contributed by atoms with E-state index in [9.17, 15) is 14.4 Å². The molecule has 3 atom stereocenters. The predicted octanol–water partition coefficient (Wildman–Crippen LogP) is 19.8. The van der Waals surface area contributed by atoms with Gasteiger partial charge in [-0.15, -0.1) is 0 Å². The van der Waals surface area contributed by atoms with Gasteiger partial charge in [0, 0.05) is 33.2 Å². The highest BCUT2D eigenvalue weighted by Crippen LogP contribution is 2.49. The number of benzene rings is 8. The van der Waals surface area contributed by atoms with Crippen molar-refractivity contribution in [3.63, 3.8) is 0 Å². The van der Waals surface area contributed by atoms with Gasteiger partial charge >= 0.3 is 11.9 Å². The summed E-state index contributed by atoms with van der Waals surface area (Å²) in [5.74, 6) is 3.63. The lowest BCUT2D eigenvalue weighted by Crippen LogP contribution is -2.54. The molecule has 442 valence electrons. The molecule has 0 aliphatic carbocycles. The first-order chi connectivity index (χ1) is 40.6. The van der Waals surface area contributed by atoms with Gasteiger partial charge in [-0.25, -0.2) is 9.59 Å². The quantitative estimate of drug-likeness (QED) is 0.0294. The van der Waals surface area contributed by atoms with Gasteiger partial charge in [-0.3, -0.25) is 9.59 Å². The van der Waals surface area contributed by atoms with Crippen molar-refractivity contribution in [2.75, 3.05) is 0 Å². The van der Waals surface area contributed by atoms with E-state index >= 15 is 4.79 Å². The molecule has 0 bridgehead atoms. The molecular formula is C75H82O10. The average Bonchev–Trinajstić information content (AvgIpc) is 1.31. The van der Waals surface area contributed by atoms with E-state index in [1.54, 1.807) is 103 Å². The molecule has 0 aromatic heterocycles. The number of hydrogen-bond acceptors (Lipinski definition) is 10. The van der Waals surface area contributed by atoms with Crippen molar-refractivity contribution in [2.24, 2.45) is 10.8 Å². The summed E-state index contributed by atoms with van der Waals surface area (Å²) in [6.45, 7) is 26.7. The summed E-state index contributed by atoms with van der Waals surface area (Å²) in [5.41, 5.74) is 3.56. The second-order valence-corrected chi connectivity index (χ2v) is 23.8. The summed E-state index contributed by atoms with van der Waals surface area (Å²) in [4.78, 5) is 55.3. The van der Waals surface area contributed by atoms with E-state index in [4.69, 9.17) is 28.4 Å². The molecule has 10 nitrogen and oxygen atoms in total. The zero-order chi connectivity index (χ0) is 61.3. The number of carbonyl (C=O) groups excluding carboxylic acids is 4. The van der Waals surface area contributed by atoms with Crippen molar-refractivity contribution in [3.8, 4) is 46.0 Å². The van der Waals surface area contributed by atoms with Crippen LogP contribution in [0.3, 0.4) is 0 Å². The van der Waals surface area contributed by atoms with Gasteiger partial charge in [0.05, 0.1) is 16.5 Å². The minimum Gasteiger partial charge on any atom is -0.488 e. The summed E-state index contributed by atoms with van der Waals surface area (Å²) in [6, 6.07) is 51.3. The van der Waals surface area contributed by atoms with E-state index in [-0.39, 0.29) is 23.1 Å². The largest absolute Gasteiger partial charge is 0.488 e. The van der Waals surface area contributed by atoms with Crippen LogP contribution in [0.25, 0.3) is 10.8 Å². The number of aryl methyl sites for hydroxylation is 2. The second-order valence-electron chi connectivity index (χ2n) is 23.8. The van der Waals surface area contributed by atoms with Crippen molar-refractivity contribution in [1.29, 1.82) is 0 Å². The fourth-order valence-corrected chi connectivity index (χ4v) is 11.3. The van der Waals surface area contributed by atoms with Gasteiger partial charge in [0.2, 0.25) is 0 Å². The SMILES string of the molecule is CCCC(C)(C)C(=O)c1ccc(Oc2ccc(C(=O)Oc3cccc4c(OC(C)(CC)C(CC)(CCC)C(=O)c5ccc(Oc6ccc(C(=O)Oc7ccc(C(C)c8ccc(OC(C)(C)CC)c(C)c8)cc7C)cc6)cc5)cccc34)cc2)cc1. The smallest absolute Gasteiger partial charge is 0.343 e. The van der Waals surface area contributed by atoms with E-state index < -0.39 is 28.4 Å². The Hall–Kier alpha value is -8.50. The average molecular weight is 1140 g/mol. The highest BCUT2D eigenvalue weighted by Gasteiger charge is 2.53. The third-order valence-electron chi connectivity index (χ3n) is 17.0. The standard InChI is InChI=1S/C75H82O10/c1-14-45-72(9,10)68(76)52-25-35-58(36-26-52)80-61-41-31-55(32-42-61)71(79)83-66-23-19-22-63-62(66)21-20-24-67(63)85-74(13,17-4)75(18-5,46-15-2)69(77)53-27-37-59(38-28-53)81-60-39-29-54(30-40-60)70(78)82-64-43-33-56(47-49(64)6)51(8)57-34-44-65(50(7)48-57)84-73(11,12)16-3/h19-44,47-48,51H,14-18,45-46H2,1-13H3. The van der Waals surface area contributed by atoms with E-state index in [1.165, 1.54) is 5.56 Å². The molecule has 8 aromatic carbocycles. The third-order valence-corrected chi connectivity index (χ3v) is 17.0. The minimum absolute atomic E-state index is 0.0278. The topological polar surface area (TPSA) is 124 Å². The van der Waals surface area contributed by atoms with Crippen LogP contribution < -0.4 is 28.4 Å². The molecule has 0 radical (unpaired) electrons. The van der Waals surface area contributed by atoms with Crippen LogP contribution in [-0.2, 0) is 0 Å². The first kappa shape index (κ1) is 62.5. The Kier molecular flexibility index (Phi) is 19.6. The maximum absolute atomic E-state index is 15.1. The minimum atomic E-state index is -0.960. The molecular weight excluding hydrogens is 1060 g/mol. The second kappa shape index (κ2) is 26.6. The summed E-state index contributed by atoms with van der Waals surface area (Å²) in [7, 11) is 0. The molecule has 0 N–H and O–H groups in total. The molecule has 85 heavy (non-hydrogen) atoms. The Morgan fingerprint density at radius 2 is 0.847 bits per heavy atom. The van der Waals surface area contributed by atoms with Crippen molar-refractivity contribution < 1.29 is 47.6 Å². The number of Topliss-reactive ketones (excluding diaryl/α,β-unsaturated/α-hetero) is 2. The van der Waals surface area contributed by atoms with Crippen molar-refractivity contribution >= 4 is 34.3 Å². The first-order valence-electron chi connectivity index (χ1n) is 30.0. The fourth-order valence-electron chi connectivity index (χ4n) is 11.3. The molecule has 8 rings (SSSR count). The zero-order valence-electron chi connectivity index (χ0n) is 51.8. The summed E-state index contributed by atoms with van der Waals surface area (Å²) >= 11 is 0. The lowest BCUT2D eigenvalue weighted by molar-refractivity contribution is -0.0402. The lowest BCUT2D eigenvalue weighted by atomic mass is 9.62. The maximum Gasteiger partial charge on any atom is 0.343 e. The number of carbonyl (C=O) groups is 4. The highest BCUT2D eigenvalue weighted by atomic mass is 16.5. The van der Waals surface area contributed by atoms with E-state index in [2.05, 4.69) is 72.7 Å². The van der Waals surface area contributed by atoms with Crippen molar-refractivity contribution in [3.05, 3.63) is 214 Å². The Balaban J connectivity index is 0.898. The Labute approximate surface area is 502 Å². The van der Waals surface area contributed by atoms with Gasteiger partial charge in [-0.05, 0) is 210 Å². The molecule has 8 aromatic rings. The fraction of sp³-hybridized carbons (Fsp3) is 0.333. The molecule has 0 spiro atoms. The van der Waals surface area contributed by atoms with E-state index in [0.29, 0.717) is 87.1 Å². The molecule has 0 saturated heterocycles. The van der Waals surface area contributed by atoms with Crippen LogP contribution in [0.2, 0.25) is 0 Å². The van der Waals surface area contributed by atoms with Gasteiger partial charge in [0.15, 0.2) is 11.6 Å². The van der Waals surface area contributed by atoms with Crippen LogP contribution in [-0.4, -0.2) is 34.7 Å². The molecule has 0 aliphatic rings. The van der Waals surface area contributed by atoms with Crippen molar-refractivity contribution in [1.82, 2.24) is 0 Å². The third kappa shape index (κ3) is 14.2. The summed E-state index contributed by atoms with van der Waals surface area (Å²) in [6.07, 6.45) is 5.01. The first-order valence-corrected chi connectivity index (χ1v) is 30.0. The number of hydrogen-bond donors (Lipinski definition) is 0. The van der Waals surface area contributed by atoms with E-state index in [0.717, 1.165) is 53.5 Å². The number of ketones is 2. The molecule has 0 aliphatic heterocycles. The number of fused-ring (bicyclic) bond motifs is 1. The van der Waals surface area contributed by atoms with Gasteiger partial charge in [-0.2, -0.15) is 0 Å². The Morgan fingerprint density at radius 3 is 1.28 bits per heavy atom. The van der Waals surface area contributed by atoms with Crippen LogP contribution in [0.15, 0.2) is 170 Å². The predicted molar refractivity (Wildman–Crippen MR) is 339 cm³/mol. The van der Waals surface area contributed by atoms with Crippen LogP contribution in [0.1, 0.15) is 191 Å². The number of esters is 2. The monoisotopic (exact) mass is 1140 g/mol. The Bertz CT molecular complexity index is 3650. The zero-order valence-corrected chi connectivity index (χ0v) is 51.8. The summed E-state index contributed by atoms with van der Waals surface area (Å²) < 4.78 is 37.6. The molecule has 10 heteroatoms. The van der Waals surface area contributed by atoms with Crippen LogP contribution in [0, 0.1) is 24.7 Å². The molecule has 0 fully saturated rings. The molecule has 3 unspecified atom stereocenters. The highest BCUT2D eigenvalue weighted by molar-refractivity contribution is 6.02. The number of ether oxygens (including phenoxy) is 6. The van der Waals surface area contributed by atoms with Gasteiger partial charge in [0.1, 0.15) is 57.2 Å². The maximum atomic E-state index is 15.1. The van der Waals surface area contributed by atoms with Crippen LogP contribution in [0.4, 0.5) is 0 Å². The normalized spacial score (nSPS) is 13.4. The van der Waals surface area contributed by atoms with Gasteiger partial charge in [0.25, 0.3) is 0 Å². The molecule has 0 amide bonds. The van der Waals surface area contributed by atoms with E-state index in [1.807, 2.05) is 84.0 Å². The van der Waals surface area contributed by atoms with Gasteiger partial charge in [-0.1, -0.05) is 117 Å². The molecule has 0 saturated carbocycles. The van der Waals surface area contributed by atoms with Gasteiger partial charge < -0.3 is 28.4 Å². The van der Waals surface area contributed by atoms with Crippen LogP contribution in [0.5, 0.6) is 46.0 Å². The molecule has 0 heterocycles. The summed E-state index contributed by atoms with van der Waals surface area (Å²) in [5, 5.41) is 1.42. The lowest BCUT2D eigenvalue weighted by Gasteiger charge is -2.47. The van der Waals surface area contributed by atoms with Crippen LogP contribution >= 0.6 is 0 Å². The number of rotatable bonds is 26. The van der Waals surface area contributed by atoms with Crippen molar-refractivity contribution in [2.45, 2.75) is 152 Å². The Morgan fingerprint density at radius 1 is 0.424 bits per heavy atom.